The van der Waals surface area contributed by atoms with E-state index in [0.717, 1.165) is 0 Å². The van der Waals surface area contributed by atoms with E-state index in [1.54, 1.807) is 28.1 Å². The van der Waals surface area contributed by atoms with E-state index in [-0.39, 0.29) is 23.8 Å². The summed E-state index contributed by atoms with van der Waals surface area (Å²) in [5, 5.41) is 5.76. The molecule has 6 heteroatoms. The fraction of sp³-hybridized carbons (Fsp3) is 0.818. The Morgan fingerprint density at radius 3 is 2.53 bits per heavy atom. The average Bonchev–Trinajstić information content (AvgIpc) is 2.75. The Kier molecular flexibility index (Phi) is 4.89. The number of nitrogens with zero attached hydrogens (tertiary/aromatic N) is 1. The molecular formula is C11H21N3O3. The topological polar surface area (TPSA) is 70.7 Å². The minimum absolute atomic E-state index is 0.0247. The zero-order valence-corrected chi connectivity index (χ0v) is 10.8. The fourth-order valence-electron chi connectivity index (χ4n) is 1.87. The molecule has 1 aliphatic rings. The van der Waals surface area contributed by atoms with Crippen LogP contribution in [-0.4, -0.2) is 63.2 Å². The van der Waals surface area contributed by atoms with Crippen LogP contribution < -0.4 is 10.6 Å². The van der Waals surface area contributed by atoms with Crippen molar-refractivity contribution < 1.29 is 14.3 Å². The second-order valence-electron chi connectivity index (χ2n) is 4.50. The van der Waals surface area contributed by atoms with Gasteiger partial charge < -0.3 is 20.3 Å². The van der Waals surface area contributed by atoms with Crippen molar-refractivity contribution in [3.05, 3.63) is 0 Å². The molecule has 1 heterocycles. The van der Waals surface area contributed by atoms with Crippen molar-refractivity contribution in [3.8, 4) is 0 Å². The van der Waals surface area contributed by atoms with Crippen LogP contribution in [0, 0.1) is 5.92 Å². The molecule has 0 aromatic heterocycles. The third-order valence-corrected chi connectivity index (χ3v) is 2.96. The van der Waals surface area contributed by atoms with E-state index in [9.17, 15) is 9.59 Å². The van der Waals surface area contributed by atoms with Crippen LogP contribution in [0.4, 0.5) is 0 Å². The molecule has 1 saturated heterocycles. The summed E-state index contributed by atoms with van der Waals surface area (Å²) in [5.41, 5.74) is 0. The molecule has 1 rings (SSSR count). The van der Waals surface area contributed by atoms with Crippen molar-refractivity contribution in [2.75, 3.05) is 34.4 Å². The van der Waals surface area contributed by atoms with Gasteiger partial charge in [-0.2, -0.15) is 0 Å². The van der Waals surface area contributed by atoms with Gasteiger partial charge in [-0.3, -0.25) is 9.59 Å². The van der Waals surface area contributed by atoms with E-state index in [1.165, 1.54) is 4.90 Å². The van der Waals surface area contributed by atoms with Gasteiger partial charge in [-0.15, -0.1) is 0 Å². The molecule has 0 aromatic rings. The normalized spacial score (nSPS) is 25.4. The standard InChI is InChI=1S/C11H21N3O3/c1-7(11(16)14(3)4)13-10(15)8-5-17-6-9(8)12-2/h7-9,12H,5-6H2,1-4H3,(H,13,15). The van der Waals surface area contributed by atoms with Gasteiger partial charge in [0.15, 0.2) is 0 Å². The van der Waals surface area contributed by atoms with E-state index < -0.39 is 6.04 Å². The van der Waals surface area contributed by atoms with Gasteiger partial charge in [0.05, 0.1) is 19.1 Å². The minimum atomic E-state index is -0.504. The van der Waals surface area contributed by atoms with Crippen LogP contribution in [0.3, 0.4) is 0 Å². The van der Waals surface area contributed by atoms with Gasteiger partial charge in [0.2, 0.25) is 11.8 Å². The minimum Gasteiger partial charge on any atom is -0.379 e. The second-order valence-corrected chi connectivity index (χ2v) is 4.50. The maximum atomic E-state index is 12.0. The molecule has 0 aromatic carbocycles. The SMILES string of the molecule is CNC1COCC1C(=O)NC(C)C(=O)N(C)C. The second kappa shape index (κ2) is 5.97. The molecule has 17 heavy (non-hydrogen) atoms. The molecule has 3 atom stereocenters. The van der Waals surface area contributed by atoms with Crippen LogP contribution in [-0.2, 0) is 14.3 Å². The third-order valence-electron chi connectivity index (χ3n) is 2.96. The van der Waals surface area contributed by atoms with Crippen LogP contribution in [0.25, 0.3) is 0 Å². The summed E-state index contributed by atoms with van der Waals surface area (Å²) >= 11 is 0. The summed E-state index contributed by atoms with van der Waals surface area (Å²) in [6.45, 7) is 2.62. The summed E-state index contributed by atoms with van der Waals surface area (Å²) in [4.78, 5) is 25.0. The molecule has 0 spiro atoms. The highest BCUT2D eigenvalue weighted by Gasteiger charge is 2.34. The van der Waals surface area contributed by atoms with Gasteiger partial charge in [-0.1, -0.05) is 0 Å². The number of ether oxygens (including phenoxy) is 1. The number of hydrogen-bond acceptors (Lipinski definition) is 4. The molecule has 1 aliphatic heterocycles. The van der Waals surface area contributed by atoms with Gasteiger partial charge in [0.25, 0.3) is 0 Å². The van der Waals surface area contributed by atoms with Crippen molar-refractivity contribution in [1.29, 1.82) is 0 Å². The Morgan fingerprint density at radius 1 is 1.35 bits per heavy atom. The van der Waals surface area contributed by atoms with Gasteiger partial charge in [0, 0.05) is 20.1 Å². The lowest BCUT2D eigenvalue weighted by Crippen LogP contribution is -2.49. The third kappa shape index (κ3) is 3.41. The number of nitrogens with one attached hydrogen (secondary N) is 2. The molecule has 98 valence electrons. The van der Waals surface area contributed by atoms with E-state index in [2.05, 4.69) is 10.6 Å². The maximum absolute atomic E-state index is 12.0. The first-order valence-corrected chi connectivity index (χ1v) is 5.74. The molecule has 0 bridgehead atoms. The van der Waals surface area contributed by atoms with Crippen molar-refractivity contribution in [2.24, 2.45) is 5.92 Å². The summed E-state index contributed by atoms with van der Waals surface area (Å²) in [6, 6.07) is -0.479. The number of likely N-dealkylation sites (N-methyl/N-ethyl adjacent to an activating group) is 2. The first-order chi connectivity index (χ1) is 7.97. The molecule has 0 radical (unpaired) electrons. The molecule has 1 fully saturated rings. The predicted molar refractivity (Wildman–Crippen MR) is 63.5 cm³/mol. The molecule has 0 aliphatic carbocycles. The highest BCUT2D eigenvalue weighted by Crippen LogP contribution is 2.13. The first-order valence-electron chi connectivity index (χ1n) is 5.74. The molecular weight excluding hydrogens is 222 g/mol. The first kappa shape index (κ1) is 13.9. The average molecular weight is 243 g/mol. The summed E-state index contributed by atoms with van der Waals surface area (Å²) in [6.07, 6.45) is 0. The smallest absolute Gasteiger partial charge is 0.244 e. The van der Waals surface area contributed by atoms with Crippen molar-refractivity contribution in [2.45, 2.75) is 19.0 Å². The largest absolute Gasteiger partial charge is 0.379 e. The van der Waals surface area contributed by atoms with Crippen LogP contribution in [0.5, 0.6) is 0 Å². The zero-order chi connectivity index (χ0) is 13.0. The lowest BCUT2D eigenvalue weighted by molar-refractivity contribution is -0.135. The van der Waals surface area contributed by atoms with Crippen LogP contribution in [0.1, 0.15) is 6.92 Å². The Morgan fingerprint density at radius 2 is 2.00 bits per heavy atom. The Hall–Kier alpha value is -1.14. The van der Waals surface area contributed by atoms with Gasteiger partial charge in [-0.25, -0.2) is 0 Å². The van der Waals surface area contributed by atoms with Crippen molar-refractivity contribution in [1.82, 2.24) is 15.5 Å². The van der Waals surface area contributed by atoms with Crippen LogP contribution in [0.2, 0.25) is 0 Å². The number of rotatable bonds is 4. The number of amides is 2. The Labute approximate surface area is 102 Å². The highest BCUT2D eigenvalue weighted by atomic mass is 16.5. The summed E-state index contributed by atoms with van der Waals surface area (Å²) < 4.78 is 5.25. The summed E-state index contributed by atoms with van der Waals surface area (Å²) in [7, 11) is 5.13. The molecule has 0 saturated carbocycles. The lowest BCUT2D eigenvalue weighted by atomic mass is 10.0. The number of carbonyl (C=O) groups is 2. The maximum Gasteiger partial charge on any atom is 0.244 e. The quantitative estimate of drug-likeness (QED) is 0.651. The van der Waals surface area contributed by atoms with E-state index in [4.69, 9.17) is 4.74 Å². The molecule has 2 amide bonds. The number of carbonyl (C=O) groups excluding carboxylic acids is 2. The van der Waals surface area contributed by atoms with E-state index in [0.29, 0.717) is 13.2 Å². The molecule has 6 nitrogen and oxygen atoms in total. The van der Waals surface area contributed by atoms with Gasteiger partial charge in [-0.05, 0) is 14.0 Å². The summed E-state index contributed by atoms with van der Waals surface area (Å²) in [5.74, 6) is -0.472. The van der Waals surface area contributed by atoms with Crippen molar-refractivity contribution >= 4 is 11.8 Å². The predicted octanol–water partition coefficient (Wildman–Crippen LogP) is -1.19. The zero-order valence-electron chi connectivity index (χ0n) is 10.8. The fourth-order valence-corrected chi connectivity index (χ4v) is 1.87. The van der Waals surface area contributed by atoms with Crippen molar-refractivity contribution in [3.63, 3.8) is 0 Å². The van der Waals surface area contributed by atoms with Crippen LogP contribution in [0.15, 0.2) is 0 Å². The molecule has 2 N–H and O–H groups in total. The van der Waals surface area contributed by atoms with E-state index in [1.807, 2.05) is 0 Å². The Bertz CT molecular complexity index is 294. The van der Waals surface area contributed by atoms with Gasteiger partial charge >= 0.3 is 0 Å². The molecule has 3 unspecified atom stereocenters. The van der Waals surface area contributed by atoms with Gasteiger partial charge in [0.1, 0.15) is 6.04 Å². The highest BCUT2D eigenvalue weighted by molar-refractivity contribution is 5.88. The lowest BCUT2D eigenvalue weighted by Gasteiger charge is -2.21. The number of hydrogen-bond donors (Lipinski definition) is 2. The van der Waals surface area contributed by atoms with E-state index >= 15 is 0 Å². The van der Waals surface area contributed by atoms with Crippen LogP contribution >= 0.6 is 0 Å². The Balaban J connectivity index is 2.51. The monoisotopic (exact) mass is 243 g/mol.